The quantitative estimate of drug-likeness (QED) is 0.731. The first-order valence-corrected chi connectivity index (χ1v) is 9.16. The molecule has 1 aliphatic carbocycles. The monoisotopic (exact) mass is 358 g/mol. The summed E-state index contributed by atoms with van der Waals surface area (Å²) in [4.78, 5) is 12.3. The highest BCUT2D eigenvalue weighted by Gasteiger charge is 2.27. The molecule has 1 aromatic rings. The van der Waals surface area contributed by atoms with Crippen LogP contribution in [0.5, 0.6) is 11.5 Å². The van der Waals surface area contributed by atoms with Gasteiger partial charge in [-0.15, -0.1) is 0 Å². The Morgan fingerprint density at radius 3 is 2.62 bits per heavy atom. The standard InChI is InChI=1S/C19H26N4O3/c1-25-18-8-17(5-2-13(18)9-20)26-16-6-3-15(4-7-16)23-19(24)14-10-21-12-22-11-14/h2,5,8,14-16,21-22H,3-4,6-7,10-12H2,1H3,(H,23,24). The second-order valence-corrected chi connectivity index (χ2v) is 6.86. The molecule has 26 heavy (non-hydrogen) atoms. The highest BCUT2D eigenvalue weighted by molar-refractivity contribution is 5.79. The first-order valence-electron chi connectivity index (χ1n) is 9.16. The van der Waals surface area contributed by atoms with Crippen molar-refractivity contribution in [2.24, 2.45) is 5.92 Å². The molecule has 2 aliphatic rings. The summed E-state index contributed by atoms with van der Waals surface area (Å²) in [5, 5.41) is 18.6. The van der Waals surface area contributed by atoms with Crippen LogP contribution in [0.3, 0.4) is 0 Å². The molecule has 0 bridgehead atoms. The molecule has 1 aliphatic heterocycles. The van der Waals surface area contributed by atoms with Crippen molar-refractivity contribution < 1.29 is 14.3 Å². The number of rotatable bonds is 5. The fourth-order valence-electron chi connectivity index (χ4n) is 3.51. The lowest BCUT2D eigenvalue weighted by Crippen LogP contribution is -2.52. The van der Waals surface area contributed by atoms with E-state index in [4.69, 9.17) is 14.7 Å². The Labute approximate surface area is 154 Å². The van der Waals surface area contributed by atoms with E-state index >= 15 is 0 Å². The van der Waals surface area contributed by atoms with Crippen LogP contribution in [0.2, 0.25) is 0 Å². The Morgan fingerprint density at radius 2 is 1.96 bits per heavy atom. The minimum absolute atomic E-state index is 0.00355. The molecule has 0 radical (unpaired) electrons. The number of nitriles is 1. The zero-order valence-electron chi connectivity index (χ0n) is 15.1. The third-order valence-electron chi connectivity index (χ3n) is 5.02. The van der Waals surface area contributed by atoms with Gasteiger partial charge in [-0.25, -0.2) is 0 Å². The van der Waals surface area contributed by atoms with Crippen molar-refractivity contribution in [3.8, 4) is 17.6 Å². The Hall–Kier alpha value is -2.30. The fraction of sp³-hybridized carbons (Fsp3) is 0.579. The smallest absolute Gasteiger partial charge is 0.225 e. The predicted octanol–water partition coefficient (Wildman–Crippen LogP) is 1.14. The maximum atomic E-state index is 12.3. The van der Waals surface area contributed by atoms with Crippen molar-refractivity contribution >= 4 is 5.91 Å². The fourth-order valence-corrected chi connectivity index (χ4v) is 3.51. The number of hydrogen-bond acceptors (Lipinski definition) is 6. The van der Waals surface area contributed by atoms with Gasteiger partial charge in [-0.1, -0.05) is 0 Å². The average molecular weight is 358 g/mol. The molecule has 0 spiro atoms. The summed E-state index contributed by atoms with van der Waals surface area (Å²) in [5.41, 5.74) is 0.498. The van der Waals surface area contributed by atoms with Gasteiger partial charge in [0.05, 0.1) is 24.7 Å². The van der Waals surface area contributed by atoms with Crippen molar-refractivity contribution in [1.82, 2.24) is 16.0 Å². The van der Waals surface area contributed by atoms with Crippen LogP contribution < -0.4 is 25.4 Å². The second-order valence-electron chi connectivity index (χ2n) is 6.86. The molecule has 140 valence electrons. The highest BCUT2D eigenvalue weighted by atomic mass is 16.5. The highest BCUT2D eigenvalue weighted by Crippen LogP contribution is 2.28. The molecular weight excluding hydrogens is 332 g/mol. The van der Waals surface area contributed by atoms with E-state index in [0.29, 0.717) is 17.1 Å². The van der Waals surface area contributed by atoms with E-state index < -0.39 is 0 Å². The van der Waals surface area contributed by atoms with Crippen molar-refractivity contribution in [2.45, 2.75) is 37.8 Å². The number of methoxy groups -OCH3 is 1. The Balaban J connectivity index is 1.46. The van der Waals surface area contributed by atoms with Gasteiger partial charge in [-0.05, 0) is 37.8 Å². The van der Waals surface area contributed by atoms with Gasteiger partial charge in [0.1, 0.15) is 17.6 Å². The molecule has 7 nitrogen and oxygen atoms in total. The molecule has 1 aromatic carbocycles. The minimum Gasteiger partial charge on any atom is -0.495 e. The van der Waals surface area contributed by atoms with E-state index in [2.05, 4.69) is 22.0 Å². The Morgan fingerprint density at radius 1 is 1.23 bits per heavy atom. The summed E-state index contributed by atoms with van der Waals surface area (Å²) in [6.07, 6.45) is 3.75. The number of nitrogens with zero attached hydrogens (tertiary/aromatic N) is 1. The van der Waals surface area contributed by atoms with E-state index in [1.54, 1.807) is 25.3 Å². The van der Waals surface area contributed by atoms with Gasteiger partial charge in [0.15, 0.2) is 0 Å². The SMILES string of the molecule is COc1cc(OC2CCC(NC(=O)C3CNCNC3)CC2)ccc1C#N. The normalized spacial score (nSPS) is 23.7. The summed E-state index contributed by atoms with van der Waals surface area (Å²) < 4.78 is 11.3. The van der Waals surface area contributed by atoms with Crippen LogP contribution in [-0.4, -0.2) is 44.9 Å². The lowest BCUT2D eigenvalue weighted by atomic mass is 9.92. The topological polar surface area (TPSA) is 95.4 Å². The number of ether oxygens (including phenoxy) is 2. The van der Waals surface area contributed by atoms with Crippen LogP contribution >= 0.6 is 0 Å². The first kappa shape index (κ1) is 18.5. The first-order chi connectivity index (χ1) is 12.7. The molecule has 3 N–H and O–H groups in total. The molecule has 1 saturated carbocycles. The van der Waals surface area contributed by atoms with Crippen molar-refractivity contribution in [2.75, 3.05) is 26.9 Å². The van der Waals surface area contributed by atoms with Gasteiger partial charge < -0.3 is 25.4 Å². The summed E-state index contributed by atoms with van der Waals surface area (Å²) in [7, 11) is 1.55. The number of carbonyl (C=O) groups excluding carboxylic acids is 1. The maximum Gasteiger partial charge on any atom is 0.225 e. The summed E-state index contributed by atoms with van der Waals surface area (Å²) in [5.74, 6) is 1.38. The van der Waals surface area contributed by atoms with Gasteiger partial charge in [-0.3, -0.25) is 4.79 Å². The number of benzene rings is 1. The zero-order chi connectivity index (χ0) is 18.4. The molecule has 7 heteroatoms. The number of carbonyl (C=O) groups is 1. The van der Waals surface area contributed by atoms with E-state index in [1.807, 2.05) is 0 Å². The Bertz CT molecular complexity index is 659. The Kier molecular flexibility index (Phi) is 6.31. The molecule has 3 rings (SSSR count). The molecule has 1 amide bonds. The van der Waals surface area contributed by atoms with Gasteiger partial charge in [0, 0.05) is 31.9 Å². The van der Waals surface area contributed by atoms with Crippen LogP contribution in [0, 0.1) is 17.2 Å². The molecule has 2 fully saturated rings. The van der Waals surface area contributed by atoms with Gasteiger partial charge >= 0.3 is 0 Å². The molecule has 0 unspecified atom stereocenters. The molecule has 0 aromatic heterocycles. The van der Waals surface area contributed by atoms with Crippen molar-refractivity contribution in [3.05, 3.63) is 23.8 Å². The minimum atomic E-state index is 0.00355. The molecular formula is C19H26N4O3. The van der Waals surface area contributed by atoms with Crippen LogP contribution in [-0.2, 0) is 4.79 Å². The largest absolute Gasteiger partial charge is 0.495 e. The van der Waals surface area contributed by atoms with Crippen LogP contribution in [0.25, 0.3) is 0 Å². The number of amides is 1. The molecule has 1 saturated heterocycles. The van der Waals surface area contributed by atoms with E-state index in [-0.39, 0.29) is 24.0 Å². The summed E-state index contributed by atoms with van der Waals surface area (Å²) in [6, 6.07) is 7.60. The van der Waals surface area contributed by atoms with Gasteiger partial charge in [0.2, 0.25) is 5.91 Å². The van der Waals surface area contributed by atoms with Gasteiger partial charge in [0.25, 0.3) is 0 Å². The third kappa shape index (κ3) is 4.65. The van der Waals surface area contributed by atoms with E-state index in [9.17, 15) is 4.79 Å². The average Bonchev–Trinajstić information content (AvgIpc) is 2.70. The molecule has 0 atom stereocenters. The zero-order valence-corrected chi connectivity index (χ0v) is 15.1. The van der Waals surface area contributed by atoms with Crippen molar-refractivity contribution in [3.63, 3.8) is 0 Å². The summed E-state index contributed by atoms with van der Waals surface area (Å²) >= 11 is 0. The van der Waals surface area contributed by atoms with Crippen LogP contribution in [0.1, 0.15) is 31.2 Å². The third-order valence-corrected chi connectivity index (χ3v) is 5.02. The van der Waals surface area contributed by atoms with Crippen molar-refractivity contribution in [1.29, 1.82) is 5.26 Å². The van der Waals surface area contributed by atoms with E-state index in [0.717, 1.165) is 45.4 Å². The van der Waals surface area contributed by atoms with E-state index in [1.165, 1.54) is 0 Å². The maximum absolute atomic E-state index is 12.3. The number of hydrogen-bond donors (Lipinski definition) is 3. The second kappa shape index (κ2) is 8.88. The predicted molar refractivity (Wildman–Crippen MR) is 96.9 cm³/mol. The number of nitrogens with one attached hydrogen (secondary N) is 3. The van der Waals surface area contributed by atoms with Crippen LogP contribution in [0.4, 0.5) is 0 Å². The lowest BCUT2D eigenvalue weighted by molar-refractivity contribution is -0.126. The summed E-state index contributed by atoms with van der Waals surface area (Å²) in [6.45, 7) is 2.24. The molecule has 1 heterocycles. The lowest BCUT2D eigenvalue weighted by Gasteiger charge is -2.31. The van der Waals surface area contributed by atoms with Crippen LogP contribution in [0.15, 0.2) is 18.2 Å². The van der Waals surface area contributed by atoms with Gasteiger partial charge in [-0.2, -0.15) is 5.26 Å².